The molecular weight excluding hydrogens is 519 g/mol. The maximum atomic E-state index is 13.4. The van der Waals surface area contributed by atoms with E-state index in [2.05, 4.69) is 11.8 Å². The van der Waals surface area contributed by atoms with Crippen LogP contribution in [-0.4, -0.2) is 42.8 Å². The van der Waals surface area contributed by atoms with E-state index in [-0.39, 0.29) is 17.5 Å². The topological polar surface area (TPSA) is 59.0 Å². The number of methoxy groups -OCH3 is 1. The van der Waals surface area contributed by atoms with Crippen LogP contribution in [-0.2, 0) is 22.3 Å². The number of hydrogen-bond acceptors (Lipinski definition) is 4. The van der Waals surface area contributed by atoms with Crippen molar-refractivity contribution >= 4 is 17.6 Å². The number of aliphatic carboxylic acids is 1. The average Bonchev–Trinajstić information content (AvgIpc) is 2.87. The highest BCUT2D eigenvalue weighted by atomic mass is 35.5. The minimum absolute atomic E-state index is 0.0964. The van der Waals surface area contributed by atoms with Crippen LogP contribution in [0, 0.1) is 0 Å². The number of halogens is 4. The molecule has 5 nitrogen and oxygen atoms in total. The van der Waals surface area contributed by atoms with Gasteiger partial charge in [-0.2, -0.15) is 13.2 Å². The minimum Gasteiger partial charge on any atom is -0.497 e. The lowest BCUT2D eigenvalue weighted by molar-refractivity contribution is -0.137. The Labute approximate surface area is 225 Å². The van der Waals surface area contributed by atoms with E-state index in [1.165, 1.54) is 6.07 Å². The Balaban J connectivity index is 1.70. The van der Waals surface area contributed by atoms with Gasteiger partial charge in [-0.25, -0.2) is 4.79 Å². The summed E-state index contributed by atoms with van der Waals surface area (Å²) in [4.78, 5) is 13.0. The van der Waals surface area contributed by atoms with Gasteiger partial charge >= 0.3 is 12.1 Å². The van der Waals surface area contributed by atoms with E-state index in [0.29, 0.717) is 49.4 Å². The van der Waals surface area contributed by atoms with Gasteiger partial charge in [-0.3, -0.25) is 4.90 Å². The van der Waals surface area contributed by atoms with Crippen LogP contribution < -0.4 is 4.74 Å². The number of ether oxygens (including phenoxy) is 2. The SMILES string of the molecule is COc1ccc(C(C)CN(CCCOC2=CC(=CC(=O)O)CC=C2)Cc2cccc(C(F)(F)F)c2Cl)cc1. The van der Waals surface area contributed by atoms with Crippen LogP contribution in [0.25, 0.3) is 0 Å². The summed E-state index contributed by atoms with van der Waals surface area (Å²) in [5.41, 5.74) is 1.29. The van der Waals surface area contributed by atoms with Crippen LogP contribution in [0.3, 0.4) is 0 Å². The van der Waals surface area contributed by atoms with E-state index in [1.54, 1.807) is 25.3 Å². The molecule has 1 N–H and O–H groups in total. The highest BCUT2D eigenvalue weighted by molar-refractivity contribution is 6.32. The third-order valence-corrected chi connectivity index (χ3v) is 6.60. The fourth-order valence-corrected chi connectivity index (χ4v) is 4.54. The summed E-state index contributed by atoms with van der Waals surface area (Å²) in [6, 6.07) is 11.7. The van der Waals surface area contributed by atoms with Gasteiger partial charge in [-0.15, -0.1) is 0 Å². The molecule has 1 aliphatic rings. The van der Waals surface area contributed by atoms with Gasteiger partial charge in [-0.1, -0.05) is 48.9 Å². The zero-order chi connectivity index (χ0) is 27.7. The molecule has 3 rings (SSSR count). The zero-order valence-corrected chi connectivity index (χ0v) is 22.1. The van der Waals surface area contributed by atoms with Crippen molar-refractivity contribution in [2.45, 2.75) is 38.4 Å². The molecule has 9 heteroatoms. The van der Waals surface area contributed by atoms with E-state index in [9.17, 15) is 18.0 Å². The highest BCUT2D eigenvalue weighted by Crippen LogP contribution is 2.36. The summed E-state index contributed by atoms with van der Waals surface area (Å²) < 4.78 is 51.3. The maximum absolute atomic E-state index is 13.4. The standard InChI is InChI=1S/C29H31ClF3NO4/c1-20(22-10-12-24(37-2)13-11-22)18-34(19-23-7-4-9-26(28(23)30)29(31,32)33)14-5-15-38-25-8-3-6-21(16-25)17-27(35)36/h3-4,7-13,16-17,20H,5-6,14-15,18-19H2,1-2H3,(H,35,36). The second kappa shape index (κ2) is 13.5. The lowest BCUT2D eigenvalue weighted by Crippen LogP contribution is -2.29. The van der Waals surface area contributed by atoms with Crippen molar-refractivity contribution in [1.82, 2.24) is 4.90 Å². The second-order valence-electron chi connectivity index (χ2n) is 9.10. The first kappa shape index (κ1) is 29.3. The summed E-state index contributed by atoms with van der Waals surface area (Å²) >= 11 is 6.19. The fraction of sp³-hybridized carbons (Fsp3) is 0.345. The van der Waals surface area contributed by atoms with Gasteiger partial charge in [0.25, 0.3) is 0 Å². The first-order valence-electron chi connectivity index (χ1n) is 12.2. The van der Waals surface area contributed by atoms with Gasteiger partial charge < -0.3 is 14.6 Å². The zero-order valence-electron chi connectivity index (χ0n) is 21.3. The van der Waals surface area contributed by atoms with Crippen LogP contribution in [0.4, 0.5) is 13.2 Å². The van der Waals surface area contributed by atoms with Crippen molar-refractivity contribution in [3.63, 3.8) is 0 Å². The highest BCUT2D eigenvalue weighted by Gasteiger charge is 2.34. The van der Waals surface area contributed by atoms with E-state index in [1.807, 2.05) is 30.3 Å². The van der Waals surface area contributed by atoms with Crippen molar-refractivity contribution in [3.8, 4) is 5.75 Å². The third kappa shape index (κ3) is 8.67. The number of rotatable bonds is 12. The molecule has 1 atom stereocenters. The minimum atomic E-state index is -4.53. The molecule has 0 saturated carbocycles. The summed E-state index contributed by atoms with van der Waals surface area (Å²) in [6.07, 6.45) is 3.07. The Morgan fingerprint density at radius 3 is 2.61 bits per heavy atom. The molecule has 0 radical (unpaired) electrons. The van der Waals surface area contributed by atoms with Crippen LogP contribution in [0.1, 0.15) is 42.4 Å². The van der Waals surface area contributed by atoms with Crippen LogP contribution in [0.5, 0.6) is 5.75 Å². The molecule has 2 aromatic carbocycles. The van der Waals surface area contributed by atoms with E-state index in [4.69, 9.17) is 26.2 Å². The van der Waals surface area contributed by atoms with Gasteiger partial charge in [0.1, 0.15) is 11.5 Å². The van der Waals surface area contributed by atoms with Gasteiger partial charge in [-0.05, 0) is 65.8 Å². The van der Waals surface area contributed by atoms with Crippen molar-refractivity contribution in [2.75, 3.05) is 26.8 Å². The van der Waals surface area contributed by atoms with E-state index in [0.717, 1.165) is 23.5 Å². The fourth-order valence-electron chi connectivity index (χ4n) is 4.25. The molecule has 0 saturated heterocycles. The van der Waals surface area contributed by atoms with Gasteiger partial charge in [0, 0.05) is 25.7 Å². The van der Waals surface area contributed by atoms with Crippen LogP contribution in [0.15, 0.2) is 78.1 Å². The molecule has 0 aromatic heterocycles. The van der Waals surface area contributed by atoms with Gasteiger partial charge in [0.2, 0.25) is 0 Å². The number of alkyl halides is 3. The normalized spacial score (nSPS) is 15.4. The number of benzene rings is 2. The predicted molar refractivity (Wildman–Crippen MR) is 141 cm³/mol. The van der Waals surface area contributed by atoms with Crippen molar-refractivity contribution in [2.24, 2.45) is 0 Å². The summed E-state index contributed by atoms with van der Waals surface area (Å²) in [5.74, 6) is 0.404. The largest absolute Gasteiger partial charge is 0.497 e. The Morgan fingerprint density at radius 2 is 1.95 bits per heavy atom. The molecule has 0 fully saturated rings. The van der Waals surface area contributed by atoms with Gasteiger partial charge in [0.15, 0.2) is 0 Å². The Bertz CT molecular complexity index is 1190. The molecule has 0 aliphatic heterocycles. The van der Waals surface area contributed by atoms with Crippen LogP contribution >= 0.6 is 11.6 Å². The molecule has 0 amide bonds. The molecule has 0 spiro atoms. The van der Waals surface area contributed by atoms with Crippen molar-refractivity contribution < 1.29 is 32.5 Å². The van der Waals surface area contributed by atoms with Crippen LogP contribution in [0.2, 0.25) is 5.02 Å². The number of carboxylic acids is 1. The van der Waals surface area contributed by atoms with Crippen molar-refractivity contribution in [3.05, 3.63) is 99.8 Å². The number of carboxylic acid groups (broad SMARTS) is 1. The molecule has 38 heavy (non-hydrogen) atoms. The lowest BCUT2D eigenvalue weighted by atomic mass is 10.00. The monoisotopic (exact) mass is 549 g/mol. The Morgan fingerprint density at radius 1 is 1.21 bits per heavy atom. The molecule has 1 aliphatic carbocycles. The van der Waals surface area contributed by atoms with E-state index >= 15 is 0 Å². The maximum Gasteiger partial charge on any atom is 0.417 e. The summed E-state index contributed by atoms with van der Waals surface area (Å²) in [5, 5.41) is 8.67. The quantitative estimate of drug-likeness (QED) is 0.223. The third-order valence-electron chi connectivity index (χ3n) is 6.15. The lowest BCUT2D eigenvalue weighted by Gasteiger charge is -2.27. The predicted octanol–water partition coefficient (Wildman–Crippen LogP) is 7.23. The first-order valence-corrected chi connectivity index (χ1v) is 12.6. The molecule has 2 aromatic rings. The number of nitrogens with zero attached hydrogens (tertiary/aromatic N) is 1. The molecule has 0 heterocycles. The Hall–Kier alpha value is -3.23. The summed E-state index contributed by atoms with van der Waals surface area (Å²) in [7, 11) is 1.60. The molecular formula is C29H31ClF3NO4. The molecule has 204 valence electrons. The van der Waals surface area contributed by atoms with Crippen molar-refractivity contribution in [1.29, 1.82) is 0 Å². The number of hydrogen-bond donors (Lipinski definition) is 1. The number of carbonyl (C=O) groups is 1. The number of allylic oxidation sites excluding steroid dienone is 4. The average molecular weight is 550 g/mol. The van der Waals surface area contributed by atoms with Gasteiger partial charge in [0.05, 0.1) is 24.3 Å². The molecule has 0 bridgehead atoms. The summed E-state index contributed by atoms with van der Waals surface area (Å²) in [6.45, 7) is 3.82. The second-order valence-corrected chi connectivity index (χ2v) is 9.48. The first-order chi connectivity index (χ1) is 18.1. The molecule has 1 unspecified atom stereocenters. The van der Waals surface area contributed by atoms with E-state index < -0.39 is 17.7 Å². The Kier molecular flexibility index (Phi) is 10.4. The smallest absolute Gasteiger partial charge is 0.417 e.